The zero-order valence-electron chi connectivity index (χ0n) is 9.06. The van der Waals surface area contributed by atoms with E-state index in [1.165, 1.54) is 12.1 Å². The van der Waals surface area contributed by atoms with Crippen molar-refractivity contribution >= 4 is 27.5 Å². The van der Waals surface area contributed by atoms with Gasteiger partial charge in [-0.3, -0.25) is 4.79 Å². The van der Waals surface area contributed by atoms with Crippen LogP contribution in [0.15, 0.2) is 18.2 Å². The van der Waals surface area contributed by atoms with E-state index >= 15 is 0 Å². The molecule has 1 unspecified atom stereocenters. The third-order valence-corrected chi connectivity index (χ3v) is 3.73. The number of hydrogen-bond donors (Lipinski definition) is 1. The third kappa shape index (κ3) is 2.27. The summed E-state index contributed by atoms with van der Waals surface area (Å²) < 4.78 is 0. The highest BCUT2D eigenvalue weighted by Crippen LogP contribution is 2.33. The number of amides is 1. The molecule has 2 rings (SSSR count). The molecule has 1 heterocycles. The fourth-order valence-electron chi connectivity index (χ4n) is 1.93. The van der Waals surface area contributed by atoms with E-state index in [0.717, 1.165) is 5.33 Å². The van der Waals surface area contributed by atoms with E-state index in [1.54, 1.807) is 11.0 Å². The number of hydrogen-bond acceptors (Lipinski definition) is 3. The Kier molecular flexibility index (Phi) is 3.34. The topological polar surface area (TPSA) is 64.3 Å². The molecule has 1 N–H and O–H groups in total. The average molecular weight is 295 g/mol. The molecule has 0 aromatic heterocycles. The molecular formula is C12H11BrN2O2. The van der Waals surface area contributed by atoms with Crippen molar-refractivity contribution in [3.63, 3.8) is 0 Å². The molecule has 0 radical (unpaired) electrons. The average Bonchev–Trinajstić information content (AvgIpc) is 2.71. The van der Waals surface area contributed by atoms with E-state index < -0.39 is 0 Å². The van der Waals surface area contributed by atoms with Gasteiger partial charge in [-0.2, -0.15) is 5.26 Å². The molecule has 88 valence electrons. The van der Waals surface area contributed by atoms with Crippen LogP contribution in [0, 0.1) is 17.2 Å². The van der Waals surface area contributed by atoms with Crippen molar-refractivity contribution in [2.75, 3.05) is 16.8 Å². The monoisotopic (exact) mass is 294 g/mol. The molecule has 0 aliphatic carbocycles. The second-order valence-electron chi connectivity index (χ2n) is 4.04. The van der Waals surface area contributed by atoms with Crippen LogP contribution in [0.25, 0.3) is 0 Å². The van der Waals surface area contributed by atoms with Crippen molar-refractivity contribution in [3.05, 3.63) is 23.8 Å². The predicted molar refractivity (Wildman–Crippen MR) is 67.1 cm³/mol. The van der Waals surface area contributed by atoms with Gasteiger partial charge in [-0.05, 0) is 24.1 Å². The van der Waals surface area contributed by atoms with Crippen molar-refractivity contribution < 1.29 is 9.90 Å². The van der Waals surface area contributed by atoms with Crippen LogP contribution in [0.2, 0.25) is 0 Å². The maximum atomic E-state index is 11.8. The number of alkyl halides is 1. The molecule has 17 heavy (non-hydrogen) atoms. The van der Waals surface area contributed by atoms with Crippen molar-refractivity contribution in [3.8, 4) is 11.8 Å². The van der Waals surface area contributed by atoms with Crippen LogP contribution >= 0.6 is 15.9 Å². The molecule has 1 amide bonds. The number of benzene rings is 1. The van der Waals surface area contributed by atoms with E-state index in [0.29, 0.717) is 24.2 Å². The number of carbonyl (C=O) groups excluding carboxylic acids is 1. The largest absolute Gasteiger partial charge is 0.506 e. The van der Waals surface area contributed by atoms with Crippen molar-refractivity contribution in [2.45, 2.75) is 6.42 Å². The van der Waals surface area contributed by atoms with Crippen LogP contribution in [0.3, 0.4) is 0 Å². The summed E-state index contributed by atoms with van der Waals surface area (Å²) in [4.78, 5) is 13.4. The van der Waals surface area contributed by atoms with Gasteiger partial charge in [0.15, 0.2) is 0 Å². The van der Waals surface area contributed by atoms with Crippen LogP contribution in [0.5, 0.6) is 5.75 Å². The van der Waals surface area contributed by atoms with Gasteiger partial charge in [-0.15, -0.1) is 0 Å². The number of rotatable bonds is 2. The van der Waals surface area contributed by atoms with Gasteiger partial charge in [0.2, 0.25) is 5.91 Å². The van der Waals surface area contributed by atoms with Crippen LogP contribution in [-0.4, -0.2) is 22.9 Å². The number of anilines is 1. The first-order valence-corrected chi connectivity index (χ1v) is 6.37. The SMILES string of the molecule is N#Cc1ccc(O)c(N2CC(CBr)CC2=O)c1. The standard InChI is InChI=1S/C12H11BrN2O2/c13-5-9-4-12(17)15(7-9)10-3-8(6-14)1-2-11(10)16/h1-3,9,16H,4-5,7H2. The van der Waals surface area contributed by atoms with Crippen molar-refractivity contribution in [1.29, 1.82) is 5.26 Å². The summed E-state index contributed by atoms with van der Waals surface area (Å²) in [5.74, 6) is 0.278. The van der Waals surface area contributed by atoms with Gasteiger partial charge < -0.3 is 10.0 Å². The zero-order chi connectivity index (χ0) is 12.4. The smallest absolute Gasteiger partial charge is 0.227 e. The van der Waals surface area contributed by atoms with Gasteiger partial charge in [-0.1, -0.05) is 15.9 Å². The predicted octanol–water partition coefficient (Wildman–Crippen LogP) is 2.01. The highest BCUT2D eigenvalue weighted by atomic mass is 79.9. The first-order valence-electron chi connectivity index (χ1n) is 5.25. The molecule has 1 aliphatic rings. The van der Waals surface area contributed by atoms with Gasteiger partial charge in [-0.25, -0.2) is 0 Å². The molecule has 5 heteroatoms. The van der Waals surface area contributed by atoms with E-state index in [2.05, 4.69) is 15.9 Å². The minimum absolute atomic E-state index is 0.0140. The summed E-state index contributed by atoms with van der Waals surface area (Å²) in [7, 11) is 0. The molecular weight excluding hydrogens is 284 g/mol. The van der Waals surface area contributed by atoms with Crippen molar-refractivity contribution in [2.24, 2.45) is 5.92 Å². The summed E-state index contributed by atoms with van der Waals surface area (Å²) in [6, 6.07) is 6.52. The van der Waals surface area contributed by atoms with Crippen molar-refractivity contribution in [1.82, 2.24) is 0 Å². The number of carbonyl (C=O) groups is 1. The van der Waals surface area contributed by atoms with Crippen LogP contribution in [-0.2, 0) is 4.79 Å². The number of nitrogens with zero attached hydrogens (tertiary/aromatic N) is 2. The Morgan fingerprint density at radius 1 is 1.59 bits per heavy atom. The second kappa shape index (κ2) is 4.76. The van der Waals surface area contributed by atoms with Crippen LogP contribution in [0.1, 0.15) is 12.0 Å². The zero-order valence-corrected chi connectivity index (χ0v) is 10.6. The molecule has 1 aromatic rings. The van der Waals surface area contributed by atoms with Gasteiger partial charge in [0.05, 0.1) is 17.3 Å². The number of phenols is 1. The maximum Gasteiger partial charge on any atom is 0.227 e. The van der Waals surface area contributed by atoms with Gasteiger partial charge in [0.1, 0.15) is 5.75 Å². The normalized spacial score (nSPS) is 19.4. The van der Waals surface area contributed by atoms with E-state index in [-0.39, 0.29) is 17.6 Å². The van der Waals surface area contributed by atoms with Gasteiger partial charge in [0, 0.05) is 18.3 Å². The Balaban J connectivity index is 2.34. The Bertz CT molecular complexity index is 496. The highest BCUT2D eigenvalue weighted by molar-refractivity contribution is 9.09. The number of nitriles is 1. The van der Waals surface area contributed by atoms with Crippen LogP contribution in [0.4, 0.5) is 5.69 Å². The first kappa shape index (κ1) is 11.9. The maximum absolute atomic E-state index is 11.8. The Morgan fingerprint density at radius 3 is 2.94 bits per heavy atom. The van der Waals surface area contributed by atoms with E-state index in [9.17, 15) is 9.90 Å². The Labute approximate surface area is 108 Å². The lowest BCUT2D eigenvalue weighted by atomic mass is 10.1. The lowest BCUT2D eigenvalue weighted by Gasteiger charge is -2.17. The molecule has 4 nitrogen and oxygen atoms in total. The number of halogens is 1. The first-order chi connectivity index (χ1) is 8.15. The highest BCUT2D eigenvalue weighted by Gasteiger charge is 2.31. The molecule has 1 aliphatic heterocycles. The minimum Gasteiger partial charge on any atom is -0.506 e. The Hall–Kier alpha value is -1.54. The summed E-state index contributed by atoms with van der Waals surface area (Å²) >= 11 is 3.36. The summed E-state index contributed by atoms with van der Waals surface area (Å²) in [6.07, 6.45) is 0.474. The lowest BCUT2D eigenvalue weighted by molar-refractivity contribution is -0.117. The fourth-order valence-corrected chi connectivity index (χ4v) is 2.36. The lowest BCUT2D eigenvalue weighted by Crippen LogP contribution is -2.24. The van der Waals surface area contributed by atoms with Gasteiger partial charge >= 0.3 is 0 Å². The number of aromatic hydroxyl groups is 1. The number of phenolic OH excluding ortho intramolecular Hbond substituents is 1. The molecule has 0 bridgehead atoms. The summed E-state index contributed by atoms with van der Waals surface area (Å²) in [5, 5.41) is 19.3. The minimum atomic E-state index is -0.0140. The molecule has 1 aromatic carbocycles. The van der Waals surface area contributed by atoms with Gasteiger partial charge in [0.25, 0.3) is 0 Å². The summed E-state index contributed by atoms with van der Waals surface area (Å²) in [5.41, 5.74) is 0.866. The molecule has 0 saturated carbocycles. The molecule has 1 saturated heterocycles. The summed E-state index contributed by atoms with van der Waals surface area (Å²) in [6.45, 7) is 0.576. The Morgan fingerprint density at radius 2 is 2.35 bits per heavy atom. The third-order valence-electron chi connectivity index (χ3n) is 2.82. The second-order valence-corrected chi connectivity index (χ2v) is 4.69. The quantitative estimate of drug-likeness (QED) is 0.849. The van der Waals surface area contributed by atoms with E-state index in [4.69, 9.17) is 5.26 Å². The fraction of sp³-hybridized carbons (Fsp3) is 0.333. The molecule has 1 fully saturated rings. The van der Waals surface area contributed by atoms with Crippen LogP contribution < -0.4 is 4.90 Å². The van der Waals surface area contributed by atoms with E-state index in [1.807, 2.05) is 6.07 Å². The molecule has 0 spiro atoms. The molecule has 1 atom stereocenters.